The first kappa shape index (κ1) is 23.4. The topological polar surface area (TPSA) is 109 Å². The smallest absolute Gasteiger partial charge is 0.413 e. The predicted octanol–water partition coefficient (Wildman–Crippen LogP) is 4.83. The molecule has 4 rings (SSSR count). The highest BCUT2D eigenvalue weighted by Gasteiger charge is 2.29. The van der Waals surface area contributed by atoms with E-state index in [2.05, 4.69) is 22.4 Å². The van der Waals surface area contributed by atoms with Crippen LogP contribution in [0.15, 0.2) is 54.7 Å². The van der Waals surface area contributed by atoms with Gasteiger partial charge in [0.2, 0.25) is 0 Å². The number of hydrogen-bond acceptors (Lipinski definition) is 6. The van der Waals surface area contributed by atoms with E-state index in [-0.39, 0.29) is 42.6 Å². The Balaban J connectivity index is 1.38. The summed E-state index contributed by atoms with van der Waals surface area (Å²) >= 11 is 1.02. The van der Waals surface area contributed by atoms with Crippen LogP contribution in [0.1, 0.15) is 47.0 Å². The van der Waals surface area contributed by atoms with Crippen molar-refractivity contribution >= 4 is 34.4 Å². The van der Waals surface area contributed by atoms with Crippen LogP contribution >= 0.6 is 11.3 Å². The molecule has 9 heteroatoms. The number of carbonyl (C=O) groups excluding carboxylic acids is 2. The fourth-order valence-electron chi connectivity index (χ4n) is 4.10. The summed E-state index contributed by atoms with van der Waals surface area (Å²) in [6.07, 6.45) is 0.581. The van der Waals surface area contributed by atoms with Crippen LogP contribution in [0.2, 0.25) is 0 Å². The van der Waals surface area contributed by atoms with E-state index in [0.717, 1.165) is 33.6 Å². The summed E-state index contributed by atoms with van der Waals surface area (Å²) in [6, 6.07) is 16.0. The van der Waals surface area contributed by atoms with E-state index in [1.807, 2.05) is 50.2 Å². The number of benzene rings is 2. The molecule has 2 aromatic carbocycles. The minimum absolute atomic E-state index is 0.0552. The predicted molar refractivity (Wildman–Crippen MR) is 129 cm³/mol. The molecule has 0 bridgehead atoms. The lowest BCUT2D eigenvalue weighted by Gasteiger charge is -2.25. The van der Waals surface area contributed by atoms with Crippen molar-refractivity contribution < 1.29 is 24.2 Å². The number of nitrogens with zero attached hydrogens (tertiary/aromatic N) is 2. The zero-order chi connectivity index (χ0) is 24.2. The Bertz CT molecular complexity index is 1180. The van der Waals surface area contributed by atoms with Crippen molar-refractivity contribution in [3.8, 4) is 11.1 Å². The first-order valence-corrected chi connectivity index (χ1v) is 11.8. The summed E-state index contributed by atoms with van der Waals surface area (Å²) in [5, 5.41) is 11.8. The van der Waals surface area contributed by atoms with Gasteiger partial charge in [0.05, 0.1) is 12.6 Å². The van der Waals surface area contributed by atoms with Crippen molar-refractivity contribution in [3.05, 3.63) is 70.7 Å². The first-order chi connectivity index (χ1) is 16.3. The van der Waals surface area contributed by atoms with Gasteiger partial charge in [-0.3, -0.25) is 14.9 Å². The maximum Gasteiger partial charge on any atom is 0.413 e. The van der Waals surface area contributed by atoms with Gasteiger partial charge in [0, 0.05) is 18.5 Å². The Kier molecular flexibility index (Phi) is 6.93. The molecule has 0 unspecified atom stereocenters. The number of carbonyl (C=O) groups is 3. The van der Waals surface area contributed by atoms with Crippen molar-refractivity contribution in [2.75, 3.05) is 18.5 Å². The zero-order valence-electron chi connectivity index (χ0n) is 18.9. The number of rotatable bonds is 8. The molecule has 0 fully saturated rings. The molecule has 1 heterocycles. The van der Waals surface area contributed by atoms with Crippen molar-refractivity contribution in [3.63, 3.8) is 0 Å². The molecular formula is C25H25N3O5S. The fraction of sp³-hybridized carbons (Fsp3) is 0.280. The Morgan fingerprint density at radius 2 is 1.71 bits per heavy atom. The van der Waals surface area contributed by atoms with Gasteiger partial charge in [-0.05, 0) is 36.1 Å². The summed E-state index contributed by atoms with van der Waals surface area (Å²) in [6.45, 7) is 3.90. The van der Waals surface area contributed by atoms with E-state index >= 15 is 0 Å². The molecule has 1 aliphatic carbocycles. The number of anilines is 1. The third-order valence-electron chi connectivity index (χ3n) is 5.72. The van der Waals surface area contributed by atoms with Crippen LogP contribution in [-0.4, -0.2) is 52.2 Å². The molecule has 0 saturated heterocycles. The van der Waals surface area contributed by atoms with Gasteiger partial charge < -0.3 is 14.7 Å². The lowest BCUT2D eigenvalue weighted by molar-refractivity contribution is -0.137. The van der Waals surface area contributed by atoms with Crippen LogP contribution in [0.5, 0.6) is 0 Å². The van der Waals surface area contributed by atoms with Gasteiger partial charge in [-0.2, -0.15) is 0 Å². The number of amides is 2. The number of carboxylic acids is 1. The number of aromatic nitrogens is 1. The molecule has 34 heavy (non-hydrogen) atoms. The van der Waals surface area contributed by atoms with Gasteiger partial charge in [-0.15, -0.1) is 0 Å². The summed E-state index contributed by atoms with van der Waals surface area (Å²) in [5.74, 6) is -1.35. The summed E-state index contributed by atoms with van der Waals surface area (Å²) in [7, 11) is 0. The molecular weight excluding hydrogens is 454 g/mol. The number of nitrogens with one attached hydrogen (secondary N) is 1. The lowest BCUT2D eigenvalue weighted by Crippen LogP contribution is -2.38. The van der Waals surface area contributed by atoms with Crippen LogP contribution in [0.3, 0.4) is 0 Å². The lowest BCUT2D eigenvalue weighted by atomic mass is 9.98. The highest BCUT2D eigenvalue weighted by Crippen LogP contribution is 2.44. The number of thiazole rings is 1. The molecule has 1 aliphatic rings. The highest BCUT2D eigenvalue weighted by molar-refractivity contribution is 7.17. The molecule has 0 radical (unpaired) electrons. The second-order valence-electron chi connectivity index (χ2n) is 8.22. The van der Waals surface area contributed by atoms with Crippen molar-refractivity contribution in [2.45, 2.75) is 32.2 Å². The van der Waals surface area contributed by atoms with Gasteiger partial charge in [-0.25, -0.2) is 9.78 Å². The Hall–Kier alpha value is -3.72. The Morgan fingerprint density at radius 3 is 2.29 bits per heavy atom. The number of hydrogen-bond donors (Lipinski definition) is 2. The minimum Gasteiger partial charge on any atom is -0.481 e. The van der Waals surface area contributed by atoms with Crippen molar-refractivity contribution in [2.24, 2.45) is 0 Å². The number of ether oxygens (including phenoxy) is 1. The van der Waals surface area contributed by atoms with E-state index in [1.165, 1.54) is 11.1 Å². The second-order valence-corrected chi connectivity index (χ2v) is 9.25. The van der Waals surface area contributed by atoms with E-state index in [9.17, 15) is 14.4 Å². The normalized spacial score (nSPS) is 12.2. The molecule has 1 aromatic heterocycles. The second kappa shape index (κ2) is 10.0. The maximum atomic E-state index is 12.8. The minimum atomic E-state index is -0.972. The quantitative estimate of drug-likeness (QED) is 0.479. The molecule has 3 aromatic rings. The largest absolute Gasteiger partial charge is 0.481 e. The number of aliphatic carboxylic acids is 1. The molecule has 0 atom stereocenters. The van der Waals surface area contributed by atoms with E-state index in [0.29, 0.717) is 4.88 Å². The Labute approximate surface area is 201 Å². The van der Waals surface area contributed by atoms with Crippen LogP contribution in [-0.2, 0) is 9.53 Å². The average Bonchev–Trinajstić information content (AvgIpc) is 3.40. The molecule has 2 N–H and O–H groups in total. The van der Waals surface area contributed by atoms with Crippen molar-refractivity contribution in [1.29, 1.82) is 0 Å². The van der Waals surface area contributed by atoms with Gasteiger partial charge in [0.1, 0.15) is 11.5 Å². The molecule has 0 saturated carbocycles. The molecule has 0 aliphatic heterocycles. The summed E-state index contributed by atoms with van der Waals surface area (Å²) < 4.78 is 5.52. The van der Waals surface area contributed by atoms with Crippen LogP contribution in [0.4, 0.5) is 9.93 Å². The molecule has 8 nitrogen and oxygen atoms in total. The number of carboxylic acid groups (broad SMARTS) is 1. The maximum absolute atomic E-state index is 12.8. The first-order valence-electron chi connectivity index (χ1n) is 11.0. The van der Waals surface area contributed by atoms with Crippen molar-refractivity contribution in [1.82, 2.24) is 9.88 Å². The van der Waals surface area contributed by atoms with Gasteiger partial charge in [0.15, 0.2) is 5.13 Å². The summed E-state index contributed by atoms with van der Waals surface area (Å²) in [5.41, 5.74) is 4.53. The number of fused-ring (bicyclic) bond motifs is 3. The van der Waals surface area contributed by atoms with Gasteiger partial charge in [0.25, 0.3) is 5.91 Å². The van der Waals surface area contributed by atoms with Gasteiger partial charge >= 0.3 is 12.1 Å². The van der Waals surface area contributed by atoms with Gasteiger partial charge in [-0.1, -0.05) is 59.9 Å². The third-order valence-corrected chi connectivity index (χ3v) is 6.62. The SMILES string of the molecule is CC(C)N(CCC(=O)O)C(=O)c1cnc(NC(=O)OCC2c3ccccc3-c3ccccc32)s1. The van der Waals surface area contributed by atoms with Crippen LogP contribution < -0.4 is 5.32 Å². The van der Waals surface area contributed by atoms with E-state index in [4.69, 9.17) is 9.84 Å². The third kappa shape index (κ3) is 4.94. The standard InChI is InChI=1S/C25H25N3O5S/c1-15(2)28(12-11-22(29)30)23(31)21-13-26-24(34-21)27-25(32)33-14-20-18-9-5-3-7-16(18)17-8-4-6-10-19(17)20/h3-10,13,15,20H,11-12,14H2,1-2H3,(H,29,30)(H,26,27,32). The fourth-order valence-corrected chi connectivity index (χ4v) is 4.86. The zero-order valence-corrected chi connectivity index (χ0v) is 19.7. The molecule has 0 spiro atoms. The highest BCUT2D eigenvalue weighted by atomic mass is 32.1. The monoisotopic (exact) mass is 479 g/mol. The van der Waals surface area contributed by atoms with E-state index < -0.39 is 12.1 Å². The van der Waals surface area contributed by atoms with Crippen LogP contribution in [0, 0.1) is 0 Å². The molecule has 176 valence electrons. The van der Waals surface area contributed by atoms with Crippen LogP contribution in [0.25, 0.3) is 11.1 Å². The van der Waals surface area contributed by atoms with E-state index in [1.54, 1.807) is 0 Å². The Morgan fingerprint density at radius 1 is 1.09 bits per heavy atom. The average molecular weight is 480 g/mol. The summed E-state index contributed by atoms with van der Waals surface area (Å²) in [4.78, 5) is 42.0. The molecule has 2 amide bonds.